The number of nitrogens with one attached hydrogen (secondary N) is 2. The van der Waals surface area contributed by atoms with Crippen LogP contribution < -0.4 is 10.6 Å². The molecule has 1 aromatic rings. The Bertz CT molecular complexity index is 399. The molecule has 1 rings (SSSR count). The summed E-state index contributed by atoms with van der Waals surface area (Å²) in [7, 11) is 1.86. The van der Waals surface area contributed by atoms with E-state index in [2.05, 4.69) is 41.4 Å². The second-order valence-electron chi connectivity index (χ2n) is 5.81. The number of anilines is 2. The molecule has 0 atom stereocenters. The Labute approximate surface area is 116 Å². The van der Waals surface area contributed by atoms with Crippen LogP contribution in [-0.4, -0.2) is 36.3 Å². The average Bonchev–Trinajstić information content (AvgIpc) is 2.33. The third-order valence-electron chi connectivity index (χ3n) is 2.51. The van der Waals surface area contributed by atoms with Crippen LogP contribution in [0.5, 0.6) is 0 Å². The predicted molar refractivity (Wildman–Crippen MR) is 79.9 cm³/mol. The molecule has 19 heavy (non-hydrogen) atoms. The van der Waals surface area contributed by atoms with Crippen molar-refractivity contribution in [2.24, 2.45) is 0 Å². The van der Waals surface area contributed by atoms with Gasteiger partial charge in [0.25, 0.3) is 0 Å². The molecule has 5 heteroatoms. The maximum Gasteiger partial charge on any atom is 0.138 e. The molecule has 0 aliphatic carbocycles. The lowest BCUT2D eigenvalue weighted by atomic mass is 9.96. The predicted octanol–water partition coefficient (Wildman–Crippen LogP) is 2.65. The standard InChI is InChI=1S/C14H26N4O/c1-10(2)19-8-7-16-12-9-11(15-6)17-13(18-12)14(3,4)5/h9-10H,7-8H2,1-6H3,(H2,15,16,17,18). The van der Waals surface area contributed by atoms with E-state index in [0.29, 0.717) is 6.61 Å². The monoisotopic (exact) mass is 266 g/mol. The Morgan fingerprint density at radius 3 is 2.37 bits per heavy atom. The van der Waals surface area contributed by atoms with Crippen molar-refractivity contribution < 1.29 is 4.74 Å². The van der Waals surface area contributed by atoms with Crippen molar-refractivity contribution in [3.8, 4) is 0 Å². The van der Waals surface area contributed by atoms with Crippen LogP contribution >= 0.6 is 0 Å². The molecule has 0 radical (unpaired) electrons. The van der Waals surface area contributed by atoms with Crippen LogP contribution in [0.2, 0.25) is 0 Å². The molecular formula is C14H26N4O. The van der Waals surface area contributed by atoms with Gasteiger partial charge in [0.15, 0.2) is 0 Å². The van der Waals surface area contributed by atoms with Crippen molar-refractivity contribution >= 4 is 11.6 Å². The first kappa shape index (κ1) is 15.7. The zero-order valence-electron chi connectivity index (χ0n) is 12.9. The van der Waals surface area contributed by atoms with Gasteiger partial charge >= 0.3 is 0 Å². The summed E-state index contributed by atoms with van der Waals surface area (Å²) in [4.78, 5) is 9.04. The van der Waals surface area contributed by atoms with Crippen molar-refractivity contribution in [1.29, 1.82) is 0 Å². The van der Waals surface area contributed by atoms with Gasteiger partial charge in [-0.1, -0.05) is 20.8 Å². The fourth-order valence-corrected chi connectivity index (χ4v) is 1.48. The van der Waals surface area contributed by atoms with Crippen LogP contribution in [0, 0.1) is 0 Å². The molecule has 2 N–H and O–H groups in total. The summed E-state index contributed by atoms with van der Waals surface area (Å²) in [5.41, 5.74) is -0.0717. The van der Waals surface area contributed by atoms with Crippen molar-refractivity contribution in [2.45, 2.75) is 46.1 Å². The van der Waals surface area contributed by atoms with E-state index >= 15 is 0 Å². The highest BCUT2D eigenvalue weighted by Gasteiger charge is 2.18. The Balaban J connectivity index is 2.72. The minimum atomic E-state index is -0.0717. The van der Waals surface area contributed by atoms with Crippen molar-refractivity contribution in [3.05, 3.63) is 11.9 Å². The molecule has 0 spiro atoms. The van der Waals surface area contributed by atoms with E-state index in [-0.39, 0.29) is 11.5 Å². The van der Waals surface area contributed by atoms with Crippen molar-refractivity contribution in [2.75, 3.05) is 30.8 Å². The van der Waals surface area contributed by atoms with E-state index in [9.17, 15) is 0 Å². The normalized spacial score (nSPS) is 11.7. The minimum absolute atomic E-state index is 0.0717. The summed E-state index contributed by atoms with van der Waals surface area (Å²) in [5.74, 6) is 2.48. The number of rotatable bonds is 6. The molecule has 0 aromatic carbocycles. The van der Waals surface area contributed by atoms with E-state index in [0.717, 1.165) is 24.0 Å². The van der Waals surface area contributed by atoms with Crippen LogP contribution in [0.1, 0.15) is 40.4 Å². The van der Waals surface area contributed by atoms with E-state index in [1.807, 2.05) is 27.0 Å². The largest absolute Gasteiger partial charge is 0.377 e. The van der Waals surface area contributed by atoms with Gasteiger partial charge in [-0.2, -0.15) is 0 Å². The lowest BCUT2D eigenvalue weighted by molar-refractivity contribution is 0.0870. The molecule has 1 aromatic heterocycles. The second-order valence-corrected chi connectivity index (χ2v) is 5.81. The first-order valence-electron chi connectivity index (χ1n) is 6.75. The number of hydrogen-bond donors (Lipinski definition) is 2. The molecule has 0 unspecified atom stereocenters. The smallest absolute Gasteiger partial charge is 0.138 e. The van der Waals surface area contributed by atoms with Crippen LogP contribution in [0.4, 0.5) is 11.6 Å². The Hall–Kier alpha value is -1.36. The highest BCUT2D eigenvalue weighted by Crippen LogP contribution is 2.21. The molecule has 0 aliphatic heterocycles. The van der Waals surface area contributed by atoms with E-state index < -0.39 is 0 Å². The molecule has 0 aliphatic rings. The van der Waals surface area contributed by atoms with Gasteiger partial charge in [0.05, 0.1) is 12.7 Å². The third-order valence-corrected chi connectivity index (χ3v) is 2.51. The number of nitrogens with zero attached hydrogens (tertiary/aromatic N) is 2. The maximum atomic E-state index is 5.50. The molecular weight excluding hydrogens is 240 g/mol. The third kappa shape index (κ3) is 5.42. The average molecular weight is 266 g/mol. The maximum absolute atomic E-state index is 5.50. The van der Waals surface area contributed by atoms with Crippen LogP contribution in [0.25, 0.3) is 0 Å². The zero-order valence-corrected chi connectivity index (χ0v) is 12.9. The zero-order chi connectivity index (χ0) is 14.5. The lowest BCUT2D eigenvalue weighted by Gasteiger charge is -2.19. The van der Waals surface area contributed by atoms with E-state index in [1.54, 1.807) is 0 Å². The fraction of sp³-hybridized carbons (Fsp3) is 0.714. The van der Waals surface area contributed by atoms with Crippen LogP contribution in [0.3, 0.4) is 0 Å². The van der Waals surface area contributed by atoms with Gasteiger partial charge in [-0.05, 0) is 13.8 Å². The number of ether oxygens (including phenoxy) is 1. The Kier molecular flexibility index (Phi) is 5.54. The Morgan fingerprint density at radius 1 is 1.21 bits per heavy atom. The highest BCUT2D eigenvalue weighted by molar-refractivity contribution is 5.47. The molecule has 5 nitrogen and oxygen atoms in total. The van der Waals surface area contributed by atoms with Crippen LogP contribution in [-0.2, 0) is 10.2 Å². The topological polar surface area (TPSA) is 59.1 Å². The summed E-state index contributed by atoms with van der Waals surface area (Å²) in [6.07, 6.45) is 0.255. The van der Waals surface area contributed by atoms with E-state index in [1.165, 1.54) is 0 Å². The summed E-state index contributed by atoms with van der Waals surface area (Å²) in [6.45, 7) is 11.8. The summed E-state index contributed by atoms with van der Waals surface area (Å²) < 4.78 is 5.50. The molecule has 0 saturated carbocycles. The highest BCUT2D eigenvalue weighted by atomic mass is 16.5. The SMILES string of the molecule is CNc1cc(NCCOC(C)C)nc(C(C)(C)C)n1. The fourth-order valence-electron chi connectivity index (χ4n) is 1.48. The Morgan fingerprint density at radius 2 is 1.84 bits per heavy atom. The number of hydrogen-bond acceptors (Lipinski definition) is 5. The van der Waals surface area contributed by atoms with Gasteiger partial charge < -0.3 is 15.4 Å². The molecule has 0 fully saturated rings. The lowest BCUT2D eigenvalue weighted by Crippen LogP contribution is -2.19. The van der Waals surface area contributed by atoms with Gasteiger partial charge in [-0.25, -0.2) is 9.97 Å². The molecule has 0 amide bonds. The van der Waals surface area contributed by atoms with Crippen LogP contribution in [0.15, 0.2) is 6.07 Å². The van der Waals surface area contributed by atoms with Gasteiger partial charge in [0.1, 0.15) is 17.5 Å². The van der Waals surface area contributed by atoms with E-state index in [4.69, 9.17) is 4.74 Å². The van der Waals surface area contributed by atoms with Gasteiger partial charge in [-0.3, -0.25) is 0 Å². The minimum Gasteiger partial charge on any atom is -0.377 e. The summed E-state index contributed by atoms with van der Waals surface area (Å²) >= 11 is 0. The van der Waals surface area contributed by atoms with Crippen molar-refractivity contribution in [1.82, 2.24) is 9.97 Å². The molecule has 0 bridgehead atoms. The molecule has 108 valence electrons. The van der Waals surface area contributed by atoms with Gasteiger partial charge in [-0.15, -0.1) is 0 Å². The summed E-state index contributed by atoms with van der Waals surface area (Å²) in [5, 5.41) is 6.34. The molecule has 1 heterocycles. The first-order chi connectivity index (χ1) is 8.82. The second kappa shape index (κ2) is 6.70. The van der Waals surface area contributed by atoms with Gasteiger partial charge in [0.2, 0.25) is 0 Å². The quantitative estimate of drug-likeness (QED) is 0.775. The van der Waals surface area contributed by atoms with Gasteiger partial charge in [0, 0.05) is 25.1 Å². The first-order valence-corrected chi connectivity index (χ1v) is 6.75. The molecule has 0 saturated heterocycles. The number of aromatic nitrogens is 2. The van der Waals surface area contributed by atoms with Crippen molar-refractivity contribution in [3.63, 3.8) is 0 Å². The summed E-state index contributed by atoms with van der Waals surface area (Å²) in [6, 6.07) is 1.91.